The molecular weight excluding hydrogens is 620 g/mol. The Kier molecular flexibility index (Phi) is 11.6. The van der Waals surface area contributed by atoms with Crippen LogP contribution in [0.2, 0.25) is 5.02 Å². The normalized spacial score (nSPS) is 12.9. The second kappa shape index (κ2) is 14.6. The van der Waals surface area contributed by atoms with Crippen molar-refractivity contribution in [3.63, 3.8) is 0 Å². The minimum atomic E-state index is -4.16. The van der Waals surface area contributed by atoms with Crippen molar-refractivity contribution >= 4 is 49.4 Å². The molecule has 3 aromatic rings. The minimum Gasteiger partial charge on any atom is -0.490 e. The molecule has 0 aromatic heterocycles. The van der Waals surface area contributed by atoms with E-state index in [1.165, 1.54) is 12.1 Å². The number of amides is 1. The number of ether oxygens (including phenoxy) is 1. The molecule has 214 valence electrons. The number of aryl methyl sites for hydroxylation is 1. The van der Waals surface area contributed by atoms with E-state index in [0.717, 1.165) is 21.2 Å². The smallest absolute Gasteiger partial charge is 0.321 e. The summed E-state index contributed by atoms with van der Waals surface area (Å²) in [6.07, 6.45) is 0.454. The molecule has 3 rings (SSSR count). The summed E-state index contributed by atoms with van der Waals surface area (Å²) in [7, 11) is -4.16. The first-order chi connectivity index (χ1) is 19.0. The Hall–Kier alpha value is -2.92. The molecule has 0 bridgehead atoms. The maximum atomic E-state index is 13.1. The number of benzene rings is 3. The number of rotatable bonds is 14. The summed E-state index contributed by atoms with van der Waals surface area (Å²) in [5.41, 5.74) is 2.50. The molecule has 0 aliphatic heterocycles. The van der Waals surface area contributed by atoms with Crippen molar-refractivity contribution in [1.82, 2.24) is 10.0 Å². The first-order valence-electron chi connectivity index (χ1n) is 12.8. The topological polar surface area (TPSA) is 122 Å². The maximum Gasteiger partial charge on any atom is 0.321 e. The maximum absolute atomic E-state index is 13.1. The lowest BCUT2D eigenvalue weighted by Gasteiger charge is -2.24. The van der Waals surface area contributed by atoms with Crippen LogP contribution < -0.4 is 14.8 Å². The molecular formula is C29H32BrClN2O6S. The SMILES string of the molecule is CCCC(=O)NCCC(CC(NS(=O)(=O)c1ccc(-c2ccc(Br)cc2)cc1)C(=O)O)Oc1ccc(Cl)c(C)c1. The predicted octanol–water partition coefficient (Wildman–Crippen LogP) is 5.95. The van der Waals surface area contributed by atoms with Crippen LogP contribution in [-0.2, 0) is 19.6 Å². The fourth-order valence-electron chi connectivity index (χ4n) is 3.98. The minimum absolute atomic E-state index is 0.0581. The number of halogens is 2. The highest BCUT2D eigenvalue weighted by Gasteiger charge is 2.29. The number of hydrogen-bond donors (Lipinski definition) is 3. The van der Waals surface area contributed by atoms with E-state index >= 15 is 0 Å². The molecule has 0 spiro atoms. The molecule has 0 heterocycles. The summed E-state index contributed by atoms with van der Waals surface area (Å²) in [5.74, 6) is -1.00. The Labute approximate surface area is 248 Å². The summed E-state index contributed by atoms with van der Waals surface area (Å²) in [5, 5.41) is 13.2. The van der Waals surface area contributed by atoms with Gasteiger partial charge in [0.1, 0.15) is 17.9 Å². The Morgan fingerprint density at radius 2 is 1.65 bits per heavy atom. The second-order valence-electron chi connectivity index (χ2n) is 9.32. The first-order valence-corrected chi connectivity index (χ1v) is 15.4. The van der Waals surface area contributed by atoms with E-state index in [9.17, 15) is 23.1 Å². The van der Waals surface area contributed by atoms with E-state index in [-0.39, 0.29) is 30.2 Å². The molecule has 2 unspecified atom stereocenters. The quantitative estimate of drug-likeness (QED) is 0.198. The van der Waals surface area contributed by atoms with Gasteiger partial charge in [-0.1, -0.05) is 58.7 Å². The summed E-state index contributed by atoms with van der Waals surface area (Å²) >= 11 is 9.50. The lowest BCUT2D eigenvalue weighted by Crippen LogP contribution is -2.44. The van der Waals surface area contributed by atoms with Crippen LogP contribution in [0.3, 0.4) is 0 Å². The molecule has 8 nitrogen and oxygen atoms in total. The van der Waals surface area contributed by atoms with Gasteiger partial charge in [0.25, 0.3) is 0 Å². The van der Waals surface area contributed by atoms with Crippen molar-refractivity contribution in [2.24, 2.45) is 0 Å². The number of carboxylic acid groups (broad SMARTS) is 1. The molecule has 40 heavy (non-hydrogen) atoms. The Balaban J connectivity index is 1.76. The predicted molar refractivity (Wildman–Crippen MR) is 159 cm³/mol. The fraction of sp³-hybridized carbons (Fsp3) is 0.310. The van der Waals surface area contributed by atoms with Crippen molar-refractivity contribution in [3.05, 3.63) is 81.8 Å². The number of carbonyl (C=O) groups is 2. The van der Waals surface area contributed by atoms with Gasteiger partial charge < -0.3 is 15.2 Å². The van der Waals surface area contributed by atoms with Crippen molar-refractivity contribution in [2.75, 3.05) is 6.54 Å². The average molecular weight is 652 g/mol. The highest BCUT2D eigenvalue weighted by molar-refractivity contribution is 9.10. The summed E-state index contributed by atoms with van der Waals surface area (Å²) in [4.78, 5) is 24.0. The third-order valence-electron chi connectivity index (χ3n) is 6.13. The monoisotopic (exact) mass is 650 g/mol. The third kappa shape index (κ3) is 9.33. The number of carbonyl (C=O) groups excluding carboxylic acids is 1. The van der Waals surface area contributed by atoms with Gasteiger partial charge >= 0.3 is 5.97 Å². The van der Waals surface area contributed by atoms with Gasteiger partial charge in [0.15, 0.2) is 0 Å². The van der Waals surface area contributed by atoms with E-state index in [4.69, 9.17) is 16.3 Å². The lowest BCUT2D eigenvalue weighted by atomic mass is 10.1. The van der Waals surface area contributed by atoms with Crippen LogP contribution >= 0.6 is 27.5 Å². The molecule has 1 amide bonds. The second-order valence-corrected chi connectivity index (χ2v) is 12.4. The molecule has 3 aromatic carbocycles. The highest BCUT2D eigenvalue weighted by atomic mass is 79.9. The molecule has 0 radical (unpaired) electrons. The van der Waals surface area contributed by atoms with Gasteiger partial charge in [0.05, 0.1) is 4.90 Å². The van der Waals surface area contributed by atoms with Crippen LogP contribution in [0, 0.1) is 6.92 Å². The molecule has 3 N–H and O–H groups in total. The molecule has 0 fully saturated rings. The number of hydrogen-bond acceptors (Lipinski definition) is 5. The first kappa shape index (κ1) is 31.6. The van der Waals surface area contributed by atoms with Crippen molar-refractivity contribution in [2.45, 2.75) is 56.6 Å². The number of sulfonamides is 1. The summed E-state index contributed by atoms with van der Waals surface area (Å²) in [6.45, 7) is 3.95. The van der Waals surface area contributed by atoms with Crippen molar-refractivity contribution in [1.29, 1.82) is 0 Å². The number of carboxylic acids is 1. The summed E-state index contributed by atoms with van der Waals surface area (Å²) in [6, 6.07) is 17.4. The van der Waals surface area contributed by atoms with Crippen LogP contribution in [0.5, 0.6) is 5.75 Å². The van der Waals surface area contributed by atoms with E-state index in [2.05, 4.69) is 26.0 Å². The molecule has 11 heteroatoms. The van der Waals surface area contributed by atoms with Crippen LogP contribution in [0.15, 0.2) is 76.1 Å². The molecule has 0 saturated heterocycles. The highest BCUT2D eigenvalue weighted by Crippen LogP contribution is 2.25. The van der Waals surface area contributed by atoms with Crippen LogP contribution in [0.4, 0.5) is 0 Å². The number of aliphatic carboxylic acids is 1. The van der Waals surface area contributed by atoms with Gasteiger partial charge in [0, 0.05) is 35.3 Å². The van der Waals surface area contributed by atoms with Gasteiger partial charge in [-0.3, -0.25) is 9.59 Å². The van der Waals surface area contributed by atoms with Crippen LogP contribution in [0.1, 0.15) is 38.2 Å². The largest absolute Gasteiger partial charge is 0.490 e. The third-order valence-corrected chi connectivity index (χ3v) is 8.57. The Bertz CT molecular complexity index is 1420. The van der Waals surface area contributed by atoms with Crippen molar-refractivity contribution < 1.29 is 27.9 Å². The van der Waals surface area contributed by atoms with Gasteiger partial charge in [0.2, 0.25) is 15.9 Å². The zero-order valence-corrected chi connectivity index (χ0v) is 25.4. The standard InChI is InChI=1S/C29H32BrClN2O6S/c1-3-4-28(34)32-16-15-24(39-23-11-14-26(31)19(2)17-23)18-27(29(35)36)33-40(37,38)25-12-7-21(8-13-25)20-5-9-22(30)10-6-20/h5-14,17,24,27,33H,3-4,15-16,18H2,1-2H3,(H,32,34)(H,35,36). The lowest BCUT2D eigenvalue weighted by molar-refractivity contribution is -0.139. The van der Waals surface area contributed by atoms with Crippen LogP contribution in [-0.4, -0.2) is 44.1 Å². The van der Waals surface area contributed by atoms with Gasteiger partial charge in [-0.15, -0.1) is 0 Å². The number of nitrogens with one attached hydrogen (secondary N) is 2. The van der Waals surface area contributed by atoms with Gasteiger partial charge in [-0.25, -0.2) is 8.42 Å². The van der Waals surface area contributed by atoms with E-state index in [0.29, 0.717) is 23.6 Å². The molecule has 0 aliphatic carbocycles. The van der Waals surface area contributed by atoms with E-state index in [1.807, 2.05) is 38.1 Å². The van der Waals surface area contributed by atoms with Gasteiger partial charge in [-0.05, 0) is 72.5 Å². The van der Waals surface area contributed by atoms with E-state index in [1.54, 1.807) is 30.3 Å². The molecule has 0 saturated carbocycles. The Morgan fingerprint density at radius 1 is 1.02 bits per heavy atom. The zero-order valence-electron chi connectivity index (χ0n) is 22.2. The Morgan fingerprint density at radius 3 is 2.23 bits per heavy atom. The van der Waals surface area contributed by atoms with E-state index < -0.39 is 28.1 Å². The van der Waals surface area contributed by atoms with Gasteiger partial charge in [-0.2, -0.15) is 4.72 Å². The molecule has 0 aliphatic rings. The van der Waals surface area contributed by atoms with Crippen molar-refractivity contribution in [3.8, 4) is 16.9 Å². The fourth-order valence-corrected chi connectivity index (χ4v) is 5.57. The molecule has 2 atom stereocenters. The average Bonchev–Trinajstić information content (AvgIpc) is 2.91. The summed E-state index contributed by atoms with van der Waals surface area (Å²) < 4.78 is 35.6. The zero-order chi connectivity index (χ0) is 29.3. The van der Waals surface area contributed by atoms with Crippen LogP contribution in [0.25, 0.3) is 11.1 Å².